The van der Waals surface area contributed by atoms with Gasteiger partial charge in [-0.2, -0.15) is 5.10 Å². The first-order chi connectivity index (χ1) is 12.8. The minimum absolute atomic E-state index is 0.613. The summed E-state index contributed by atoms with van der Waals surface area (Å²) in [4.78, 5) is 6.76. The van der Waals surface area contributed by atoms with Crippen LogP contribution in [0.5, 0.6) is 11.5 Å². The third kappa shape index (κ3) is 3.13. The number of rotatable bonds is 5. The van der Waals surface area contributed by atoms with Crippen molar-refractivity contribution in [3.05, 3.63) is 64.8 Å². The maximum absolute atomic E-state index is 5.42. The number of ether oxygens (including phenoxy) is 2. The van der Waals surface area contributed by atoms with Crippen molar-refractivity contribution in [3.8, 4) is 22.8 Å². The second-order valence-corrected chi connectivity index (χ2v) is 6.08. The van der Waals surface area contributed by atoms with Crippen molar-refractivity contribution >= 4 is 6.20 Å². The van der Waals surface area contributed by atoms with Gasteiger partial charge in [-0.05, 0) is 36.4 Å². The highest BCUT2D eigenvalue weighted by Crippen LogP contribution is 2.28. The minimum Gasteiger partial charge on any atom is -0.497 e. The Balaban J connectivity index is 1.57. The molecule has 0 bridgehead atoms. The Labute approximate surface area is 151 Å². The van der Waals surface area contributed by atoms with Crippen LogP contribution in [-0.2, 0) is 6.54 Å². The van der Waals surface area contributed by atoms with E-state index in [2.05, 4.69) is 26.3 Å². The zero-order valence-electron chi connectivity index (χ0n) is 14.8. The number of nitrogens with zero attached hydrogens (tertiary/aromatic N) is 3. The van der Waals surface area contributed by atoms with Crippen LogP contribution in [0.2, 0.25) is 0 Å². The largest absolute Gasteiger partial charge is 0.497 e. The number of para-hydroxylation sites is 1. The SMILES string of the molecule is COc1ccc2c(c1)=CN(Cc1cc(-c3ccccc3OC)n[nH]1)CN=2. The lowest BCUT2D eigenvalue weighted by molar-refractivity contribution is 0.398. The normalized spacial score (nSPS) is 12.8. The van der Waals surface area contributed by atoms with Crippen molar-refractivity contribution in [1.29, 1.82) is 0 Å². The monoisotopic (exact) mass is 348 g/mol. The van der Waals surface area contributed by atoms with Crippen molar-refractivity contribution in [2.45, 2.75) is 6.54 Å². The molecule has 0 saturated heterocycles. The van der Waals surface area contributed by atoms with Crippen LogP contribution in [0.15, 0.2) is 53.5 Å². The van der Waals surface area contributed by atoms with Gasteiger partial charge in [0.1, 0.15) is 18.2 Å². The van der Waals surface area contributed by atoms with Crippen LogP contribution in [-0.4, -0.2) is 36.0 Å². The molecule has 1 aromatic heterocycles. The molecule has 6 nitrogen and oxygen atoms in total. The second kappa shape index (κ2) is 6.92. The number of aromatic nitrogens is 2. The van der Waals surface area contributed by atoms with Crippen LogP contribution in [0, 0.1) is 0 Å². The fourth-order valence-corrected chi connectivity index (χ4v) is 3.06. The molecule has 132 valence electrons. The van der Waals surface area contributed by atoms with Gasteiger partial charge in [-0.25, -0.2) is 0 Å². The lowest BCUT2D eigenvalue weighted by atomic mass is 10.1. The fraction of sp³-hybridized carbons (Fsp3) is 0.200. The molecule has 0 atom stereocenters. The first-order valence-corrected chi connectivity index (χ1v) is 8.39. The molecule has 1 aliphatic rings. The average molecular weight is 348 g/mol. The number of fused-ring (bicyclic) bond motifs is 1. The van der Waals surface area contributed by atoms with Gasteiger partial charge in [0.2, 0.25) is 0 Å². The van der Waals surface area contributed by atoms with E-state index in [9.17, 15) is 0 Å². The maximum atomic E-state index is 5.42. The van der Waals surface area contributed by atoms with E-state index in [-0.39, 0.29) is 0 Å². The number of aromatic amines is 1. The third-order valence-corrected chi connectivity index (χ3v) is 4.37. The van der Waals surface area contributed by atoms with Crippen molar-refractivity contribution in [3.63, 3.8) is 0 Å². The molecule has 0 saturated carbocycles. The molecule has 0 fully saturated rings. The van der Waals surface area contributed by atoms with Crippen molar-refractivity contribution < 1.29 is 9.47 Å². The topological polar surface area (TPSA) is 62.7 Å². The van der Waals surface area contributed by atoms with E-state index in [4.69, 9.17) is 9.47 Å². The Morgan fingerprint density at radius 1 is 1.08 bits per heavy atom. The van der Waals surface area contributed by atoms with Gasteiger partial charge in [0.05, 0.1) is 37.5 Å². The molecule has 0 aliphatic carbocycles. The third-order valence-electron chi connectivity index (χ3n) is 4.37. The summed E-state index contributed by atoms with van der Waals surface area (Å²) in [6, 6.07) is 15.8. The van der Waals surface area contributed by atoms with Crippen LogP contribution in [0.3, 0.4) is 0 Å². The Morgan fingerprint density at radius 3 is 2.81 bits per heavy atom. The molecule has 26 heavy (non-hydrogen) atoms. The van der Waals surface area contributed by atoms with Crippen LogP contribution < -0.4 is 20.0 Å². The number of nitrogens with one attached hydrogen (secondary N) is 1. The number of benzene rings is 2. The van der Waals surface area contributed by atoms with Crippen LogP contribution >= 0.6 is 0 Å². The predicted molar refractivity (Wildman–Crippen MR) is 99.2 cm³/mol. The minimum atomic E-state index is 0.613. The molecular formula is C20H20N4O2. The predicted octanol–water partition coefficient (Wildman–Crippen LogP) is 1.92. The molecule has 0 unspecified atom stereocenters. The Hall–Kier alpha value is -3.28. The highest BCUT2D eigenvalue weighted by Gasteiger charge is 2.11. The first kappa shape index (κ1) is 16.2. The molecule has 6 heteroatoms. The second-order valence-electron chi connectivity index (χ2n) is 6.08. The smallest absolute Gasteiger partial charge is 0.128 e. The van der Waals surface area contributed by atoms with Gasteiger partial charge < -0.3 is 14.4 Å². The summed E-state index contributed by atoms with van der Waals surface area (Å²) in [5.74, 6) is 1.64. The molecular weight excluding hydrogens is 328 g/mol. The van der Waals surface area contributed by atoms with E-state index in [1.807, 2.05) is 48.5 Å². The molecule has 0 radical (unpaired) electrons. The van der Waals surface area contributed by atoms with Crippen molar-refractivity contribution in [2.75, 3.05) is 20.9 Å². The number of H-pyrrole nitrogens is 1. The van der Waals surface area contributed by atoms with E-state index in [1.54, 1.807) is 14.2 Å². The molecule has 1 N–H and O–H groups in total. The lowest BCUT2D eigenvalue weighted by Gasteiger charge is -2.19. The Kier molecular flexibility index (Phi) is 4.31. The summed E-state index contributed by atoms with van der Waals surface area (Å²) in [7, 11) is 3.34. The quantitative estimate of drug-likeness (QED) is 0.765. The summed E-state index contributed by atoms with van der Waals surface area (Å²) in [6.07, 6.45) is 2.11. The van der Waals surface area contributed by atoms with E-state index in [0.29, 0.717) is 13.2 Å². The summed E-state index contributed by atoms with van der Waals surface area (Å²) < 4.78 is 10.7. The average Bonchev–Trinajstić information content (AvgIpc) is 3.15. The van der Waals surface area contributed by atoms with Crippen LogP contribution in [0.25, 0.3) is 17.5 Å². The molecule has 0 amide bonds. The highest BCUT2D eigenvalue weighted by atomic mass is 16.5. The summed E-state index contributed by atoms with van der Waals surface area (Å²) in [5.41, 5.74) is 2.86. The van der Waals surface area contributed by atoms with Crippen LogP contribution in [0.4, 0.5) is 0 Å². The lowest BCUT2D eigenvalue weighted by Crippen LogP contribution is -2.35. The van der Waals surface area contributed by atoms with E-state index in [0.717, 1.165) is 39.0 Å². The van der Waals surface area contributed by atoms with Gasteiger partial charge in [0.15, 0.2) is 0 Å². The fourth-order valence-electron chi connectivity index (χ4n) is 3.06. The van der Waals surface area contributed by atoms with Crippen molar-refractivity contribution in [2.24, 2.45) is 4.99 Å². The molecule has 2 heterocycles. The zero-order chi connectivity index (χ0) is 17.9. The van der Waals surface area contributed by atoms with E-state index < -0.39 is 0 Å². The zero-order valence-corrected chi connectivity index (χ0v) is 14.8. The van der Waals surface area contributed by atoms with E-state index >= 15 is 0 Å². The maximum Gasteiger partial charge on any atom is 0.128 e. The molecule has 1 aliphatic heterocycles. The molecule has 0 spiro atoms. The summed E-state index contributed by atoms with van der Waals surface area (Å²) >= 11 is 0. The Morgan fingerprint density at radius 2 is 1.96 bits per heavy atom. The Bertz CT molecular complexity index is 1040. The summed E-state index contributed by atoms with van der Waals surface area (Å²) in [5, 5.41) is 9.59. The van der Waals surface area contributed by atoms with Crippen LogP contribution in [0.1, 0.15) is 5.69 Å². The van der Waals surface area contributed by atoms with Gasteiger partial charge in [-0.15, -0.1) is 0 Å². The van der Waals surface area contributed by atoms with Gasteiger partial charge >= 0.3 is 0 Å². The van der Waals surface area contributed by atoms with Gasteiger partial charge in [-0.3, -0.25) is 10.1 Å². The molecule has 2 aromatic carbocycles. The van der Waals surface area contributed by atoms with Crippen molar-refractivity contribution in [1.82, 2.24) is 15.1 Å². The standard InChI is InChI=1S/C20H20N4O2/c1-25-16-7-8-18-14(9-16)11-24(13-21-18)12-15-10-19(23-22-15)17-5-3-4-6-20(17)26-2/h3-11H,12-13H2,1-2H3,(H,22,23). The van der Waals surface area contributed by atoms with E-state index in [1.165, 1.54) is 0 Å². The van der Waals surface area contributed by atoms with Gasteiger partial charge in [0, 0.05) is 17.0 Å². The molecule has 3 aromatic rings. The van der Waals surface area contributed by atoms with Gasteiger partial charge in [-0.1, -0.05) is 12.1 Å². The molecule has 4 rings (SSSR count). The number of hydrogen-bond acceptors (Lipinski definition) is 5. The number of methoxy groups -OCH3 is 2. The first-order valence-electron chi connectivity index (χ1n) is 8.39. The number of hydrogen-bond donors (Lipinski definition) is 1. The summed E-state index contributed by atoms with van der Waals surface area (Å²) in [6.45, 7) is 1.31. The van der Waals surface area contributed by atoms with Gasteiger partial charge in [0.25, 0.3) is 0 Å². The highest BCUT2D eigenvalue weighted by molar-refractivity contribution is 5.67.